The Morgan fingerprint density at radius 1 is 1.05 bits per heavy atom. The Hall–Kier alpha value is -1.80. The average molecular weight is 280 g/mol. The Morgan fingerprint density at radius 3 is 2.62 bits per heavy atom. The molecule has 0 radical (unpaired) electrons. The number of hydrogen-bond acceptors (Lipinski definition) is 2. The van der Waals surface area contributed by atoms with Crippen molar-refractivity contribution in [2.24, 2.45) is 5.73 Å². The summed E-state index contributed by atoms with van der Waals surface area (Å²) in [6.45, 7) is 6.20. The highest BCUT2D eigenvalue weighted by Crippen LogP contribution is 2.35. The monoisotopic (exact) mass is 280 g/mol. The molecule has 0 atom stereocenters. The van der Waals surface area contributed by atoms with Gasteiger partial charge in [0.2, 0.25) is 0 Å². The minimum absolute atomic E-state index is 0.713. The zero-order valence-corrected chi connectivity index (χ0v) is 13.0. The molecule has 0 fully saturated rings. The summed E-state index contributed by atoms with van der Waals surface area (Å²) in [7, 11) is 0. The molecule has 2 aromatic rings. The van der Waals surface area contributed by atoms with E-state index in [2.05, 4.69) is 55.1 Å². The van der Waals surface area contributed by atoms with Crippen LogP contribution in [0.25, 0.3) is 0 Å². The van der Waals surface area contributed by atoms with E-state index in [4.69, 9.17) is 5.73 Å². The topological polar surface area (TPSA) is 29.3 Å². The third-order valence-electron chi connectivity index (χ3n) is 4.34. The maximum atomic E-state index is 5.66. The van der Waals surface area contributed by atoms with E-state index in [0.29, 0.717) is 6.54 Å². The third kappa shape index (κ3) is 2.81. The predicted octanol–water partition coefficient (Wildman–Crippen LogP) is 3.89. The Bertz CT molecular complexity index is 646. The van der Waals surface area contributed by atoms with E-state index < -0.39 is 0 Å². The van der Waals surface area contributed by atoms with Crippen LogP contribution in [-0.2, 0) is 12.8 Å². The summed E-state index contributed by atoms with van der Waals surface area (Å²) in [5.41, 5.74) is 13.9. The van der Waals surface area contributed by atoms with Crippen molar-refractivity contribution in [2.75, 3.05) is 18.0 Å². The van der Waals surface area contributed by atoms with Crippen LogP contribution in [0.5, 0.6) is 0 Å². The van der Waals surface area contributed by atoms with E-state index in [1.807, 2.05) is 0 Å². The minimum Gasteiger partial charge on any atom is -0.341 e. The lowest BCUT2D eigenvalue weighted by molar-refractivity contribution is 0.764. The first kappa shape index (κ1) is 14.2. The summed E-state index contributed by atoms with van der Waals surface area (Å²) >= 11 is 0. The fraction of sp³-hybridized carbons (Fsp3) is 0.368. The van der Waals surface area contributed by atoms with Gasteiger partial charge in [0.25, 0.3) is 0 Å². The Labute approximate surface area is 127 Å². The third-order valence-corrected chi connectivity index (χ3v) is 4.34. The van der Waals surface area contributed by atoms with Gasteiger partial charge < -0.3 is 10.6 Å². The predicted molar refractivity (Wildman–Crippen MR) is 90.4 cm³/mol. The van der Waals surface area contributed by atoms with Crippen molar-refractivity contribution < 1.29 is 0 Å². The lowest BCUT2D eigenvalue weighted by Crippen LogP contribution is -2.25. The fourth-order valence-corrected chi connectivity index (χ4v) is 3.32. The number of anilines is 2. The summed E-state index contributed by atoms with van der Waals surface area (Å²) in [4.78, 5) is 2.47. The molecule has 0 saturated heterocycles. The van der Waals surface area contributed by atoms with Crippen LogP contribution in [-0.4, -0.2) is 13.1 Å². The molecule has 1 aliphatic heterocycles. The molecule has 0 saturated carbocycles. The molecule has 21 heavy (non-hydrogen) atoms. The number of benzene rings is 2. The van der Waals surface area contributed by atoms with Crippen LogP contribution >= 0.6 is 0 Å². The minimum atomic E-state index is 0.713. The second kappa shape index (κ2) is 5.90. The highest BCUT2D eigenvalue weighted by Gasteiger charge is 2.19. The van der Waals surface area contributed by atoms with Gasteiger partial charge in [-0.25, -0.2) is 0 Å². The number of nitrogens with zero attached hydrogens (tertiary/aromatic N) is 1. The number of hydrogen-bond donors (Lipinski definition) is 1. The summed E-state index contributed by atoms with van der Waals surface area (Å²) in [6, 6.07) is 13.6. The van der Waals surface area contributed by atoms with Gasteiger partial charge >= 0.3 is 0 Å². The maximum absolute atomic E-state index is 5.66. The van der Waals surface area contributed by atoms with Crippen LogP contribution in [0.3, 0.4) is 0 Å². The smallest absolute Gasteiger partial charge is 0.0443 e. The summed E-state index contributed by atoms with van der Waals surface area (Å²) in [6.07, 6.45) is 3.37. The van der Waals surface area contributed by atoms with Crippen molar-refractivity contribution in [1.82, 2.24) is 0 Å². The number of nitrogens with two attached hydrogens (primary N) is 1. The molecule has 2 N–H and O–H groups in total. The first-order chi connectivity index (χ1) is 10.2. The van der Waals surface area contributed by atoms with Crippen molar-refractivity contribution >= 4 is 11.4 Å². The van der Waals surface area contributed by atoms with Crippen molar-refractivity contribution in [3.05, 3.63) is 58.7 Å². The van der Waals surface area contributed by atoms with E-state index in [9.17, 15) is 0 Å². The van der Waals surface area contributed by atoms with Crippen LogP contribution in [0.4, 0.5) is 11.4 Å². The zero-order chi connectivity index (χ0) is 14.8. The molecule has 0 spiro atoms. The molecule has 0 amide bonds. The van der Waals surface area contributed by atoms with Crippen LogP contribution in [0, 0.1) is 13.8 Å². The van der Waals surface area contributed by atoms with E-state index in [1.54, 1.807) is 0 Å². The van der Waals surface area contributed by atoms with Gasteiger partial charge in [-0.2, -0.15) is 0 Å². The van der Waals surface area contributed by atoms with Crippen molar-refractivity contribution in [3.8, 4) is 0 Å². The highest BCUT2D eigenvalue weighted by atomic mass is 15.1. The Morgan fingerprint density at radius 2 is 1.86 bits per heavy atom. The van der Waals surface area contributed by atoms with Gasteiger partial charge in [0.1, 0.15) is 0 Å². The average Bonchev–Trinajstić information content (AvgIpc) is 2.47. The lowest BCUT2D eigenvalue weighted by Gasteiger charge is -2.33. The largest absolute Gasteiger partial charge is 0.341 e. The Kier molecular flexibility index (Phi) is 3.98. The molecule has 2 nitrogen and oxygen atoms in total. The molecule has 110 valence electrons. The first-order valence-corrected chi connectivity index (χ1v) is 7.85. The van der Waals surface area contributed by atoms with Gasteiger partial charge in [-0.1, -0.05) is 29.8 Å². The molecule has 0 bridgehead atoms. The van der Waals surface area contributed by atoms with Gasteiger partial charge in [0.15, 0.2) is 0 Å². The highest BCUT2D eigenvalue weighted by molar-refractivity contribution is 5.70. The van der Waals surface area contributed by atoms with Crippen LogP contribution in [0.15, 0.2) is 36.4 Å². The molecular formula is C19H24N2. The molecule has 3 rings (SSSR count). The van der Waals surface area contributed by atoms with E-state index in [0.717, 1.165) is 13.0 Å². The summed E-state index contributed by atoms with van der Waals surface area (Å²) < 4.78 is 0. The summed E-state index contributed by atoms with van der Waals surface area (Å²) in [5.74, 6) is 0. The number of rotatable bonds is 3. The summed E-state index contributed by atoms with van der Waals surface area (Å²) in [5, 5.41) is 0. The standard InChI is InChI=1S/C19H24N2/c1-14-5-7-19-17(12-14)4-3-11-21(19)18-8-6-16(9-10-20)13-15(18)2/h5-8,12-13H,3-4,9-11,20H2,1-2H3. The van der Waals surface area contributed by atoms with E-state index >= 15 is 0 Å². The Balaban J connectivity index is 1.99. The molecule has 1 heterocycles. The van der Waals surface area contributed by atoms with Gasteiger partial charge in [-0.15, -0.1) is 0 Å². The first-order valence-electron chi connectivity index (χ1n) is 7.85. The molecule has 1 aliphatic rings. The van der Waals surface area contributed by atoms with Crippen molar-refractivity contribution in [1.29, 1.82) is 0 Å². The second-order valence-electron chi connectivity index (χ2n) is 6.05. The molecule has 2 heteroatoms. The van der Waals surface area contributed by atoms with E-state index in [1.165, 1.54) is 46.5 Å². The maximum Gasteiger partial charge on any atom is 0.0443 e. The van der Waals surface area contributed by atoms with Crippen LogP contribution < -0.4 is 10.6 Å². The number of aryl methyl sites for hydroxylation is 3. The molecule has 0 aliphatic carbocycles. The second-order valence-corrected chi connectivity index (χ2v) is 6.05. The van der Waals surface area contributed by atoms with Gasteiger partial charge in [0.05, 0.1) is 0 Å². The molecular weight excluding hydrogens is 256 g/mol. The van der Waals surface area contributed by atoms with Crippen molar-refractivity contribution in [2.45, 2.75) is 33.1 Å². The normalized spacial score (nSPS) is 14.1. The van der Waals surface area contributed by atoms with Gasteiger partial charge in [0, 0.05) is 17.9 Å². The van der Waals surface area contributed by atoms with E-state index in [-0.39, 0.29) is 0 Å². The fourth-order valence-electron chi connectivity index (χ4n) is 3.32. The van der Waals surface area contributed by atoms with Crippen LogP contribution in [0.1, 0.15) is 28.7 Å². The SMILES string of the molecule is Cc1ccc2c(c1)CCCN2c1ccc(CCN)cc1C. The quantitative estimate of drug-likeness (QED) is 0.924. The molecule has 0 unspecified atom stereocenters. The molecule has 2 aromatic carbocycles. The van der Waals surface area contributed by atoms with Crippen molar-refractivity contribution in [3.63, 3.8) is 0 Å². The zero-order valence-electron chi connectivity index (χ0n) is 13.0. The molecule has 0 aromatic heterocycles. The van der Waals surface area contributed by atoms with Gasteiger partial charge in [-0.3, -0.25) is 0 Å². The van der Waals surface area contributed by atoms with Crippen LogP contribution in [0.2, 0.25) is 0 Å². The van der Waals surface area contributed by atoms with Gasteiger partial charge in [-0.05, 0) is 68.5 Å². The lowest BCUT2D eigenvalue weighted by atomic mass is 9.97. The number of fused-ring (bicyclic) bond motifs is 1.